The van der Waals surface area contributed by atoms with Crippen LogP contribution < -0.4 is 9.47 Å². The molecule has 0 heterocycles. The quantitative estimate of drug-likeness (QED) is 0.676. The Bertz CT molecular complexity index is 660. The van der Waals surface area contributed by atoms with E-state index in [0.29, 0.717) is 17.1 Å². The number of methoxy groups -OCH3 is 2. The molecule has 0 saturated carbocycles. The van der Waals surface area contributed by atoms with E-state index >= 15 is 0 Å². The van der Waals surface area contributed by atoms with Crippen molar-refractivity contribution in [1.82, 2.24) is 0 Å². The summed E-state index contributed by atoms with van der Waals surface area (Å²) in [7, 11) is 3.05. The highest BCUT2D eigenvalue weighted by Gasteiger charge is 2.13. The summed E-state index contributed by atoms with van der Waals surface area (Å²) in [5, 5.41) is 9.44. The smallest absolute Gasteiger partial charge is 0.336 e. The first-order valence-corrected chi connectivity index (χ1v) is 6.38. The van der Waals surface area contributed by atoms with Crippen molar-refractivity contribution in [2.24, 2.45) is 0 Å². The number of carbonyl (C=O) groups is 1. The zero-order valence-electron chi connectivity index (χ0n) is 11.9. The summed E-state index contributed by atoms with van der Waals surface area (Å²) in [6.45, 7) is 0. The molecular formula is C17H16O4. The number of carboxylic acids is 1. The summed E-state index contributed by atoms with van der Waals surface area (Å²) in [6.07, 6.45) is 1.63. The van der Waals surface area contributed by atoms with Crippen LogP contribution in [0.2, 0.25) is 0 Å². The van der Waals surface area contributed by atoms with Gasteiger partial charge in [0.2, 0.25) is 0 Å². The fraction of sp³-hybridized carbons (Fsp3) is 0.118. The SMILES string of the molecule is COc1ccc(/C(=C\c2ccccc2)C(=O)O)cc1OC. The number of carboxylic acid groups (broad SMARTS) is 1. The van der Waals surface area contributed by atoms with Gasteiger partial charge in [0.05, 0.1) is 19.8 Å². The zero-order chi connectivity index (χ0) is 15.2. The standard InChI is InChI=1S/C17H16O4/c1-20-15-9-8-13(11-16(15)21-2)14(17(18)19)10-12-6-4-3-5-7-12/h3-11H,1-2H3,(H,18,19)/b14-10+. The number of rotatable bonds is 5. The Balaban J connectivity index is 2.49. The Kier molecular flexibility index (Phi) is 4.61. The van der Waals surface area contributed by atoms with Crippen LogP contribution in [0, 0.1) is 0 Å². The molecule has 2 aromatic rings. The summed E-state index contributed by atoms with van der Waals surface area (Å²) < 4.78 is 10.4. The van der Waals surface area contributed by atoms with Crippen molar-refractivity contribution in [3.05, 3.63) is 59.7 Å². The van der Waals surface area contributed by atoms with Crippen molar-refractivity contribution in [2.45, 2.75) is 0 Å². The molecule has 4 heteroatoms. The number of hydrogen-bond donors (Lipinski definition) is 1. The third kappa shape index (κ3) is 3.42. The van der Waals surface area contributed by atoms with E-state index in [1.165, 1.54) is 14.2 Å². The number of aliphatic carboxylic acids is 1. The topological polar surface area (TPSA) is 55.8 Å². The maximum absolute atomic E-state index is 11.5. The van der Waals surface area contributed by atoms with E-state index in [2.05, 4.69) is 0 Å². The number of hydrogen-bond acceptors (Lipinski definition) is 3. The molecule has 0 saturated heterocycles. The zero-order valence-corrected chi connectivity index (χ0v) is 11.9. The van der Waals surface area contributed by atoms with Gasteiger partial charge in [-0.05, 0) is 29.3 Å². The maximum atomic E-state index is 11.5. The van der Waals surface area contributed by atoms with Gasteiger partial charge in [-0.15, -0.1) is 0 Å². The summed E-state index contributed by atoms with van der Waals surface area (Å²) in [5.41, 5.74) is 1.58. The average molecular weight is 284 g/mol. The van der Waals surface area contributed by atoms with Crippen molar-refractivity contribution >= 4 is 17.6 Å². The highest BCUT2D eigenvalue weighted by atomic mass is 16.5. The highest BCUT2D eigenvalue weighted by Crippen LogP contribution is 2.31. The first-order chi connectivity index (χ1) is 10.2. The largest absolute Gasteiger partial charge is 0.493 e. The van der Waals surface area contributed by atoms with E-state index in [4.69, 9.17) is 9.47 Å². The van der Waals surface area contributed by atoms with Crippen LogP contribution in [0.1, 0.15) is 11.1 Å². The van der Waals surface area contributed by atoms with E-state index in [1.807, 2.05) is 30.3 Å². The third-order valence-electron chi connectivity index (χ3n) is 3.04. The minimum atomic E-state index is -0.994. The lowest BCUT2D eigenvalue weighted by Gasteiger charge is -2.10. The third-order valence-corrected chi connectivity index (χ3v) is 3.04. The lowest BCUT2D eigenvalue weighted by atomic mass is 10.0. The Morgan fingerprint density at radius 1 is 1.00 bits per heavy atom. The van der Waals surface area contributed by atoms with Gasteiger partial charge >= 0.3 is 5.97 Å². The molecule has 0 radical (unpaired) electrons. The molecular weight excluding hydrogens is 268 g/mol. The van der Waals surface area contributed by atoms with E-state index in [-0.39, 0.29) is 5.57 Å². The Morgan fingerprint density at radius 3 is 2.24 bits per heavy atom. The number of ether oxygens (including phenoxy) is 2. The van der Waals surface area contributed by atoms with Gasteiger partial charge < -0.3 is 14.6 Å². The van der Waals surface area contributed by atoms with Crippen LogP contribution in [0.15, 0.2) is 48.5 Å². The second-order valence-electron chi connectivity index (χ2n) is 4.34. The van der Waals surface area contributed by atoms with Crippen LogP contribution in [0.3, 0.4) is 0 Å². The van der Waals surface area contributed by atoms with Gasteiger partial charge in [-0.3, -0.25) is 0 Å². The summed E-state index contributed by atoms with van der Waals surface area (Å²) in [4.78, 5) is 11.5. The monoisotopic (exact) mass is 284 g/mol. The minimum Gasteiger partial charge on any atom is -0.493 e. The summed E-state index contributed by atoms with van der Waals surface area (Å²) in [6, 6.07) is 14.4. The first kappa shape index (κ1) is 14.7. The highest BCUT2D eigenvalue weighted by molar-refractivity contribution is 6.20. The lowest BCUT2D eigenvalue weighted by molar-refractivity contribution is -0.130. The fourth-order valence-corrected chi connectivity index (χ4v) is 1.99. The van der Waals surface area contributed by atoms with Gasteiger partial charge in [0.25, 0.3) is 0 Å². The maximum Gasteiger partial charge on any atom is 0.336 e. The van der Waals surface area contributed by atoms with Gasteiger partial charge in [0.1, 0.15) is 0 Å². The van der Waals surface area contributed by atoms with Crippen molar-refractivity contribution in [3.63, 3.8) is 0 Å². The molecule has 0 aliphatic rings. The molecule has 108 valence electrons. The van der Waals surface area contributed by atoms with Gasteiger partial charge in [0.15, 0.2) is 11.5 Å². The van der Waals surface area contributed by atoms with Crippen molar-refractivity contribution in [2.75, 3.05) is 14.2 Å². The van der Waals surface area contributed by atoms with Crippen molar-refractivity contribution in [1.29, 1.82) is 0 Å². The molecule has 0 amide bonds. The molecule has 0 spiro atoms. The van der Waals surface area contributed by atoms with Crippen LogP contribution in [0.4, 0.5) is 0 Å². The first-order valence-electron chi connectivity index (χ1n) is 6.38. The van der Waals surface area contributed by atoms with Gasteiger partial charge in [-0.1, -0.05) is 36.4 Å². The van der Waals surface area contributed by atoms with E-state index in [1.54, 1.807) is 24.3 Å². The van der Waals surface area contributed by atoms with E-state index < -0.39 is 5.97 Å². The molecule has 0 aromatic heterocycles. The minimum absolute atomic E-state index is 0.196. The molecule has 4 nitrogen and oxygen atoms in total. The second kappa shape index (κ2) is 6.61. The summed E-state index contributed by atoms with van der Waals surface area (Å²) in [5.74, 6) is 0.0620. The molecule has 2 aromatic carbocycles. The molecule has 21 heavy (non-hydrogen) atoms. The second-order valence-corrected chi connectivity index (χ2v) is 4.34. The van der Waals surface area contributed by atoms with Gasteiger partial charge in [-0.25, -0.2) is 4.79 Å². The van der Waals surface area contributed by atoms with E-state index in [0.717, 1.165) is 5.56 Å². The molecule has 2 rings (SSSR count). The number of benzene rings is 2. The van der Waals surface area contributed by atoms with Crippen molar-refractivity contribution < 1.29 is 19.4 Å². The molecule has 0 aliphatic heterocycles. The van der Waals surface area contributed by atoms with Crippen LogP contribution in [0.25, 0.3) is 11.6 Å². The summed E-state index contributed by atoms with van der Waals surface area (Å²) >= 11 is 0. The van der Waals surface area contributed by atoms with E-state index in [9.17, 15) is 9.90 Å². The average Bonchev–Trinajstić information content (AvgIpc) is 2.52. The molecule has 0 aliphatic carbocycles. The molecule has 0 bridgehead atoms. The molecule has 0 atom stereocenters. The Hall–Kier alpha value is -2.75. The Morgan fingerprint density at radius 2 is 1.67 bits per heavy atom. The normalized spacial score (nSPS) is 11.0. The predicted molar refractivity (Wildman–Crippen MR) is 81.5 cm³/mol. The van der Waals surface area contributed by atoms with Crippen LogP contribution in [0.5, 0.6) is 11.5 Å². The van der Waals surface area contributed by atoms with Crippen LogP contribution in [-0.2, 0) is 4.79 Å². The Labute approximate surface area is 123 Å². The van der Waals surface area contributed by atoms with Gasteiger partial charge in [0, 0.05) is 0 Å². The molecule has 1 N–H and O–H groups in total. The lowest BCUT2D eigenvalue weighted by Crippen LogP contribution is -2.01. The van der Waals surface area contributed by atoms with Crippen molar-refractivity contribution in [3.8, 4) is 11.5 Å². The fourth-order valence-electron chi connectivity index (χ4n) is 1.99. The molecule has 0 fully saturated rings. The van der Waals surface area contributed by atoms with Gasteiger partial charge in [-0.2, -0.15) is 0 Å². The predicted octanol–water partition coefficient (Wildman–Crippen LogP) is 3.33. The van der Waals surface area contributed by atoms with Crippen LogP contribution in [-0.4, -0.2) is 25.3 Å². The van der Waals surface area contributed by atoms with Crippen LogP contribution >= 0.6 is 0 Å². The molecule has 0 unspecified atom stereocenters.